The summed E-state index contributed by atoms with van der Waals surface area (Å²) in [6, 6.07) is 21.2. The Morgan fingerprint density at radius 2 is 1.13 bits per heavy atom. The third kappa shape index (κ3) is 18.7. The van der Waals surface area contributed by atoms with Crippen molar-refractivity contribution in [1.82, 2.24) is 49.9 Å². The molecule has 0 radical (unpaired) electrons. The van der Waals surface area contributed by atoms with Gasteiger partial charge >= 0.3 is 6.09 Å². The van der Waals surface area contributed by atoms with Crippen LogP contribution in [0.25, 0.3) is 0 Å². The van der Waals surface area contributed by atoms with Crippen LogP contribution in [0.15, 0.2) is 132 Å². The molecule has 8 rings (SSSR count). The van der Waals surface area contributed by atoms with Gasteiger partial charge in [-0.15, -0.1) is 0 Å². The molecule has 456 valence electrons. The summed E-state index contributed by atoms with van der Waals surface area (Å²) in [6.45, 7) is 11.7. The quantitative estimate of drug-likeness (QED) is 0.0687. The van der Waals surface area contributed by atoms with Crippen molar-refractivity contribution in [1.29, 1.82) is 0 Å². The van der Waals surface area contributed by atoms with Gasteiger partial charge in [0.15, 0.2) is 0 Å². The highest BCUT2D eigenvalue weighted by Crippen LogP contribution is 2.28. The van der Waals surface area contributed by atoms with E-state index in [2.05, 4.69) is 36.3 Å². The summed E-state index contributed by atoms with van der Waals surface area (Å²) >= 11 is 0. The van der Waals surface area contributed by atoms with E-state index in [9.17, 15) is 50.2 Å². The van der Waals surface area contributed by atoms with E-state index in [0.717, 1.165) is 22.3 Å². The first-order valence-corrected chi connectivity index (χ1v) is 30.2. The van der Waals surface area contributed by atoms with E-state index in [1.165, 1.54) is 76.3 Å². The maximum absolute atomic E-state index is 14.7. The number of sulfonamides is 2. The second-order valence-corrected chi connectivity index (χ2v) is 25.7. The average molecular weight is 1220 g/mol. The Morgan fingerprint density at radius 1 is 0.647 bits per heavy atom. The van der Waals surface area contributed by atoms with Gasteiger partial charge in [0, 0.05) is 94.8 Å². The standard InChI is InChI=1S/C32H40FN5O7S.C27H32FN5O5S/c1-21-7-6-8-27(13-21)46(42,43)37-11-12-38(31(41)45-32(3,4)5)29(19-37)30(40)28(36-22(2)39)16-24-14-25(33)17-26(15-24)44-20-23-9-10-34-35-18-23;1-18-4-3-5-24(10-18)39(36,37)33-9-8-29-26(16-33)27(35)25(32-19(2)34)13-21-11-22(28)14-23(12-21)38-17-20-6-7-30-31-15-20/h6-10,13-15,17-18,28-30,40H,11-12,16,19-20H2,1-5H3,(H,36,39);3-7,10-12,14-15,25-27,29,35H,8-9,13,16-17H2,1-2H3,(H,32,34)/t28-,29+,30-;25-,26+,27-/m00/s1. The SMILES string of the molecule is CC(=O)N[C@@H](Cc1cc(F)cc(OCc2ccnnc2)c1)[C@H](O)[C@H]1CN(S(=O)(=O)c2cccc(C)c2)CCN1.CC(=O)N[C@@H](Cc1cc(F)cc(OCc2ccnnc2)c1)[C@H](O)[C@H]1CN(S(=O)(=O)c2cccc(C)c2)CCN1C(=O)OC(C)(C)C. The van der Waals surface area contributed by atoms with E-state index in [4.69, 9.17) is 14.2 Å². The van der Waals surface area contributed by atoms with E-state index in [-0.39, 0.29) is 86.0 Å². The number of piperazine rings is 2. The molecule has 2 aliphatic heterocycles. The number of aliphatic hydroxyl groups excluding tert-OH is 2. The van der Waals surface area contributed by atoms with Crippen LogP contribution in [0.3, 0.4) is 0 Å². The zero-order chi connectivity index (χ0) is 61.6. The highest BCUT2D eigenvalue weighted by atomic mass is 32.2. The Balaban J connectivity index is 0.000000247. The molecule has 6 aromatic rings. The minimum atomic E-state index is -4.00. The van der Waals surface area contributed by atoms with Crippen molar-refractivity contribution in [2.75, 3.05) is 39.3 Å². The van der Waals surface area contributed by atoms with E-state index in [1.54, 1.807) is 94.6 Å². The molecule has 4 heterocycles. The van der Waals surface area contributed by atoms with E-state index < -0.39 is 85.7 Å². The summed E-state index contributed by atoms with van der Waals surface area (Å²) in [5, 5.41) is 46.7. The summed E-state index contributed by atoms with van der Waals surface area (Å²) in [5.74, 6) is -1.49. The van der Waals surface area contributed by atoms with Gasteiger partial charge in [-0.3, -0.25) is 14.5 Å². The van der Waals surface area contributed by atoms with Crippen molar-refractivity contribution in [3.63, 3.8) is 0 Å². The number of aliphatic hydroxyl groups is 2. The number of benzene rings is 4. The van der Waals surface area contributed by atoms with Crippen LogP contribution in [-0.4, -0.2) is 160 Å². The maximum atomic E-state index is 14.7. The second kappa shape index (κ2) is 29.0. The summed E-state index contributed by atoms with van der Waals surface area (Å²) in [5.41, 5.74) is 3.09. The van der Waals surface area contributed by atoms with E-state index in [1.807, 2.05) is 13.0 Å². The van der Waals surface area contributed by atoms with Crippen LogP contribution in [0.2, 0.25) is 0 Å². The fraction of sp³-hybridized carbons (Fsp3) is 0.407. The first kappa shape index (κ1) is 65.0. The lowest BCUT2D eigenvalue weighted by molar-refractivity contribution is -0.121. The monoisotopic (exact) mass is 1210 g/mol. The van der Waals surface area contributed by atoms with Gasteiger partial charge in [-0.25, -0.2) is 30.4 Å². The number of carbonyl (C=O) groups excluding carboxylic acids is 3. The van der Waals surface area contributed by atoms with Gasteiger partial charge in [0.1, 0.15) is 41.9 Å². The molecule has 85 heavy (non-hydrogen) atoms. The number of aromatic nitrogens is 4. The molecule has 0 bridgehead atoms. The number of aryl methyl sites for hydroxylation is 2. The fourth-order valence-corrected chi connectivity index (χ4v) is 12.9. The van der Waals surface area contributed by atoms with Gasteiger partial charge in [-0.2, -0.15) is 29.0 Å². The lowest BCUT2D eigenvalue weighted by Gasteiger charge is -2.44. The molecule has 5 N–H and O–H groups in total. The Bertz CT molecular complexity index is 3480. The smallest absolute Gasteiger partial charge is 0.410 e. The summed E-state index contributed by atoms with van der Waals surface area (Å²) in [4.78, 5) is 39.2. The molecular formula is C59H72F2N10O12S2. The Labute approximate surface area is 494 Å². The molecule has 26 heteroatoms. The molecular weight excluding hydrogens is 1140 g/mol. The van der Waals surface area contributed by atoms with Crippen LogP contribution in [0.4, 0.5) is 13.6 Å². The number of hydrogen-bond acceptors (Lipinski definition) is 17. The molecule has 2 fully saturated rings. The first-order chi connectivity index (χ1) is 40.2. The van der Waals surface area contributed by atoms with Gasteiger partial charge in [0.05, 0.1) is 52.5 Å². The Morgan fingerprint density at radius 3 is 1.58 bits per heavy atom. The highest BCUT2D eigenvalue weighted by Gasteiger charge is 2.44. The number of ether oxygens (including phenoxy) is 3. The highest BCUT2D eigenvalue weighted by molar-refractivity contribution is 7.89. The minimum Gasteiger partial charge on any atom is -0.489 e. The molecule has 4 aromatic carbocycles. The second-order valence-electron chi connectivity index (χ2n) is 21.8. The van der Waals surface area contributed by atoms with E-state index in [0.29, 0.717) is 17.7 Å². The van der Waals surface area contributed by atoms with Crippen LogP contribution in [0.5, 0.6) is 11.5 Å². The minimum absolute atomic E-state index is 0.00497. The third-order valence-corrected chi connectivity index (χ3v) is 17.4. The molecule has 0 unspecified atom stereocenters. The number of nitrogens with one attached hydrogen (secondary N) is 3. The Hall–Kier alpha value is -7.59. The van der Waals surface area contributed by atoms with Crippen molar-refractivity contribution in [2.45, 2.75) is 126 Å². The zero-order valence-corrected chi connectivity index (χ0v) is 49.9. The average Bonchev–Trinajstić information content (AvgIpc) is 1.74. The molecule has 0 spiro atoms. The van der Waals surface area contributed by atoms with Crippen molar-refractivity contribution in [2.24, 2.45) is 0 Å². The van der Waals surface area contributed by atoms with Gasteiger partial charge in [0.2, 0.25) is 31.9 Å². The normalized spacial score (nSPS) is 17.5. The topological polar surface area (TPSA) is 285 Å². The van der Waals surface area contributed by atoms with Crippen LogP contribution in [0, 0.1) is 25.5 Å². The van der Waals surface area contributed by atoms with Gasteiger partial charge in [-0.05, 0) is 130 Å². The van der Waals surface area contributed by atoms with Crippen molar-refractivity contribution >= 4 is 38.0 Å². The fourth-order valence-electron chi connectivity index (χ4n) is 9.77. The predicted molar refractivity (Wildman–Crippen MR) is 309 cm³/mol. The third-order valence-electron chi connectivity index (χ3n) is 13.7. The van der Waals surface area contributed by atoms with E-state index >= 15 is 0 Å². The molecule has 3 amide bonds. The van der Waals surface area contributed by atoms with Gasteiger partial charge < -0.3 is 40.4 Å². The largest absolute Gasteiger partial charge is 0.489 e. The number of hydrogen-bond donors (Lipinski definition) is 5. The number of halogens is 2. The van der Waals surface area contributed by atoms with Crippen LogP contribution in [-0.2, 0) is 60.4 Å². The molecule has 2 aliphatic rings. The molecule has 2 saturated heterocycles. The van der Waals surface area contributed by atoms with Gasteiger partial charge in [-0.1, -0.05) is 24.3 Å². The van der Waals surface area contributed by atoms with Crippen LogP contribution < -0.4 is 25.4 Å². The summed E-state index contributed by atoms with van der Waals surface area (Å²) < 4.78 is 103. The summed E-state index contributed by atoms with van der Waals surface area (Å²) in [6.07, 6.45) is 2.74. The van der Waals surface area contributed by atoms with Crippen molar-refractivity contribution < 1.29 is 64.4 Å². The number of amides is 3. The molecule has 6 atom stereocenters. The van der Waals surface area contributed by atoms with Crippen molar-refractivity contribution in [3.8, 4) is 11.5 Å². The lowest BCUT2D eigenvalue weighted by atomic mass is 9.94. The number of rotatable bonds is 20. The first-order valence-electron chi connectivity index (χ1n) is 27.4. The molecule has 22 nitrogen and oxygen atoms in total. The van der Waals surface area contributed by atoms with Gasteiger partial charge in [0.25, 0.3) is 0 Å². The number of carbonyl (C=O) groups is 3. The van der Waals surface area contributed by atoms with Crippen molar-refractivity contribution in [3.05, 3.63) is 167 Å². The van der Waals surface area contributed by atoms with Crippen LogP contribution >= 0.6 is 0 Å². The molecule has 2 aromatic heterocycles. The molecule has 0 aliphatic carbocycles. The molecule has 0 saturated carbocycles. The zero-order valence-electron chi connectivity index (χ0n) is 48.3. The lowest BCUT2D eigenvalue weighted by Crippen LogP contribution is -2.64. The Kier molecular flexibility index (Phi) is 22.2. The predicted octanol–water partition coefficient (Wildman–Crippen LogP) is 4.80. The number of nitrogens with zero attached hydrogens (tertiary/aromatic N) is 7. The maximum Gasteiger partial charge on any atom is 0.410 e. The summed E-state index contributed by atoms with van der Waals surface area (Å²) in [7, 11) is -7.78. The van der Waals surface area contributed by atoms with Crippen LogP contribution in [0.1, 0.15) is 68.0 Å².